The molecule has 1 aromatic carbocycles. The molecule has 0 aliphatic carbocycles. The highest BCUT2D eigenvalue weighted by molar-refractivity contribution is 5.33. The summed E-state index contributed by atoms with van der Waals surface area (Å²) in [6.45, 7) is 2.94. The topological polar surface area (TPSA) is 65.6 Å². The molecule has 0 amide bonds. The van der Waals surface area contributed by atoms with E-state index in [1.165, 1.54) is 0 Å². The Balaban J connectivity index is 1.76. The summed E-state index contributed by atoms with van der Waals surface area (Å²) in [4.78, 5) is 9.01. The van der Waals surface area contributed by atoms with Crippen LogP contribution in [0.2, 0.25) is 0 Å². The molecule has 6 nitrogen and oxygen atoms in total. The van der Waals surface area contributed by atoms with E-state index in [2.05, 4.69) is 34.0 Å². The van der Waals surface area contributed by atoms with Crippen LogP contribution < -0.4 is 0 Å². The highest BCUT2D eigenvalue weighted by Gasteiger charge is 2.27. The van der Waals surface area contributed by atoms with Gasteiger partial charge in [0, 0.05) is 25.2 Å². The van der Waals surface area contributed by atoms with Crippen LogP contribution in [0.15, 0.2) is 28.8 Å². The van der Waals surface area contributed by atoms with Crippen molar-refractivity contribution in [3.63, 3.8) is 0 Å². The van der Waals surface area contributed by atoms with Crippen LogP contribution in [0.4, 0.5) is 0 Å². The highest BCUT2D eigenvalue weighted by atomic mass is 16.5. The maximum atomic E-state index is 9.80. The number of aromatic hydroxyl groups is 1. The summed E-state index contributed by atoms with van der Waals surface area (Å²) in [6.07, 6.45) is 0.450. The molecule has 2 heterocycles. The maximum Gasteiger partial charge on any atom is 0.231 e. The number of piperazine rings is 1. The Morgan fingerprint density at radius 1 is 1.29 bits per heavy atom. The minimum atomic E-state index is 0.158. The van der Waals surface area contributed by atoms with E-state index in [0.29, 0.717) is 12.3 Å². The average molecular weight is 288 g/mol. The summed E-state index contributed by atoms with van der Waals surface area (Å²) in [5, 5.41) is 13.9. The van der Waals surface area contributed by atoms with E-state index in [1.807, 2.05) is 12.1 Å². The molecular weight excluding hydrogens is 268 g/mol. The number of para-hydroxylation sites is 1. The third kappa shape index (κ3) is 3.06. The van der Waals surface area contributed by atoms with Crippen LogP contribution in [0.5, 0.6) is 5.75 Å². The largest absolute Gasteiger partial charge is 0.508 e. The number of phenolic OH excluding ortho intramolecular Hbond substituents is 1. The lowest BCUT2D eigenvalue weighted by atomic mass is 10.1. The Hall–Kier alpha value is -1.92. The first-order valence-corrected chi connectivity index (χ1v) is 7.11. The number of benzene rings is 1. The third-order valence-electron chi connectivity index (χ3n) is 3.97. The Morgan fingerprint density at radius 2 is 2.10 bits per heavy atom. The van der Waals surface area contributed by atoms with Crippen molar-refractivity contribution in [2.45, 2.75) is 12.5 Å². The van der Waals surface area contributed by atoms with E-state index in [0.717, 1.165) is 31.0 Å². The van der Waals surface area contributed by atoms with Gasteiger partial charge >= 0.3 is 0 Å². The monoisotopic (exact) mass is 288 g/mol. The molecule has 1 aliphatic rings. The van der Waals surface area contributed by atoms with Crippen LogP contribution >= 0.6 is 0 Å². The number of hydrogen-bond donors (Lipinski definition) is 1. The normalized spacial score (nSPS) is 20.8. The summed E-state index contributed by atoms with van der Waals surface area (Å²) in [7, 11) is 4.18. The molecule has 112 valence electrons. The Bertz CT molecular complexity index is 613. The van der Waals surface area contributed by atoms with Crippen LogP contribution in [0.25, 0.3) is 0 Å². The lowest BCUT2D eigenvalue weighted by Gasteiger charge is -2.35. The maximum absolute atomic E-state index is 9.80. The van der Waals surface area contributed by atoms with Crippen LogP contribution in [0.1, 0.15) is 23.3 Å². The number of aromatic nitrogens is 2. The van der Waals surface area contributed by atoms with E-state index >= 15 is 0 Å². The smallest absolute Gasteiger partial charge is 0.231 e. The number of likely N-dealkylation sites (N-methyl/N-ethyl adjacent to an activating group) is 2. The van der Waals surface area contributed by atoms with E-state index in [9.17, 15) is 5.11 Å². The zero-order valence-electron chi connectivity index (χ0n) is 12.4. The molecule has 3 rings (SSSR count). The molecule has 0 bridgehead atoms. The van der Waals surface area contributed by atoms with E-state index in [4.69, 9.17) is 4.52 Å². The Kier molecular flexibility index (Phi) is 3.90. The standard InChI is InChI=1S/C15H20N4O2/c1-18-7-8-19(2)12(10-18)15-16-14(21-17-15)9-11-5-3-4-6-13(11)20/h3-6,12,20H,7-10H2,1-2H3. The molecule has 1 unspecified atom stereocenters. The van der Waals surface area contributed by atoms with Gasteiger partial charge in [-0.1, -0.05) is 23.4 Å². The Morgan fingerprint density at radius 3 is 2.90 bits per heavy atom. The summed E-state index contributed by atoms with van der Waals surface area (Å²) in [5.41, 5.74) is 0.793. The molecule has 1 aliphatic heterocycles. The fraction of sp³-hybridized carbons (Fsp3) is 0.467. The van der Waals surface area contributed by atoms with Crippen molar-refractivity contribution in [2.24, 2.45) is 0 Å². The molecule has 1 N–H and O–H groups in total. The quantitative estimate of drug-likeness (QED) is 0.918. The van der Waals surface area contributed by atoms with Gasteiger partial charge in [0.15, 0.2) is 5.82 Å². The molecule has 6 heteroatoms. The summed E-state index contributed by atoms with van der Waals surface area (Å²) >= 11 is 0. The van der Waals surface area contributed by atoms with Gasteiger partial charge in [0.2, 0.25) is 5.89 Å². The molecule has 0 saturated carbocycles. The van der Waals surface area contributed by atoms with Crippen molar-refractivity contribution in [3.05, 3.63) is 41.5 Å². The van der Waals surface area contributed by atoms with Gasteiger partial charge in [0.05, 0.1) is 12.5 Å². The van der Waals surface area contributed by atoms with Gasteiger partial charge in [-0.2, -0.15) is 4.98 Å². The van der Waals surface area contributed by atoms with Gasteiger partial charge in [-0.15, -0.1) is 0 Å². The second-order valence-corrected chi connectivity index (χ2v) is 5.61. The van der Waals surface area contributed by atoms with Crippen molar-refractivity contribution in [2.75, 3.05) is 33.7 Å². The fourth-order valence-electron chi connectivity index (χ4n) is 2.59. The average Bonchev–Trinajstić information content (AvgIpc) is 2.92. The molecular formula is C15H20N4O2. The first kappa shape index (κ1) is 14.0. The third-order valence-corrected chi connectivity index (χ3v) is 3.97. The van der Waals surface area contributed by atoms with Gasteiger partial charge in [-0.05, 0) is 20.2 Å². The van der Waals surface area contributed by atoms with Crippen molar-refractivity contribution < 1.29 is 9.63 Å². The van der Waals surface area contributed by atoms with Crippen LogP contribution in [-0.4, -0.2) is 58.8 Å². The molecule has 1 atom stereocenters. The minimum absolute atomic E-state index is 0.158. The predicted octanol–water partition coefficient (Wildman–Crippen LogP) is 1.28. The van der Waals surface area contributed by atoms with Crippen molar-refractivity contribution in [3.8, 4) is 5.75 Å². The minimum Gasteiger partial charge on any atom is -0.508 e. The molecule has 1 saturated heterocycles. The van der Waals surface area contributed by atoms with Crippen molar-refractivity contribution in [1.82, 2.24) is 19.9 Å². The second kappa shape index (κ2) is 5.83. The van der Waals surface area contributed by atoms with Gasteiger partial charge in [0.1, 0.15) is 5.75 Å². The van der Waals surface area contributed by atoms with Crippen molar-refractivity contribution in [1.29, 1.82) is 0 Å². The van der Waals surface area contributed by atoms with Gasteiger partial charge in [0.25, 0.3) is 0 Å². The first-order valence-electron chi connectivity index (χ1n) is 7.11. The second-order valence-electron chi connectivity index (χ2n) is 5.61. The molecule has 21 heavy (non-hydrogen) atoms. The van der Waals surface area contributed by atoms with Crippen LogP contribution in [0.3, 0.4) is 0 Å². The number of phenols is 1. The summed E-state index contributed by atoms with van der Waals surface area (Å²) in [5.74, 6) is 1.51. The summed E-state index contributed by atoms with van der Waals surface area (Å²) in [6, 6.07) is 7.36. The first-order chi connectivity index (χ1) is 10.1. The van der Waals surface area contributed by atoms with E-state index in [-0.39, 0.29) is 11.8 Å². The zero-order valence-corrected chi connectivity index (χ0v) is 12.4. The van der Waals surface area contributed by atoms with Gasteiger partial charge < -0.3 is 14.5 Å². The lowest BCUT2D eigenvalue weighted by molar-refractivity contribution is 0.108. The zero-order chi connectivity index (χ0) is 14.8. The molecule has 1 aromatic heterocycles. The number of rotatable bonds is 3. The molecule has 1 fully saturated rings. The summed E-state index contributed by atoms with van der Waals surface area (Å²) < 4.78 is 5.34. The fourth-order valence-corrected chi connectivity index (χ4v) is 2.59. The van der Waals surface area contributed by atoms with Crippen LogP contribution in [0, 0.1) is 0 Å². The van der Waals surface area contributed by atoms with E-state index in [1.54, 1.807) is 12.1 Å². The Labute approximate surface area is 124 Å². The van der Waals surface area contributed by atoms with Gasteiger partial charge in [-0.25, -0.2) is 0 Å². The van der Waals surface area contributed by atoms with Crippen molar-refractivity contribution >= 4 is 0 Å². The van der Waals surface area contributed by atoms with Crippen LogP contribution in [-0.2, 0) is 6.42 Å². The number of hydrogen-bond acceptors (Lipinski definition) is 6. The number of nitrogens with zero attached hydrogens (tertiary/aromatic N) is 4. The highest BCUT2D eigenvalue weighted by Crippen LogP contribution is 2.23. The molecule has 0 spiro atoms. The predicted molar refractivity (Wildman–Crippen MR) is 78.1 cm³/mol. The van der Waals surface area contributed by atoms with E-state index < -0.39 is 0 Å². The lowest BCUT2D eigenvalue weighted by Crippen LogP contribution is -2.45. The molecule has 0 radical (unpaired) electrons. The molecule has 2 aromatic rings. The van der Waals surface area contributed by atoms with Gasteiger partial charge in [-0.3, -0.25) is 4.90 Å². The SMILES string of the molecule is CN1CCN(C)C(c2noc(Cc3ccccc3O)n2)C1.